The van der Waals surface area contributed by atoms with Crippen molar-refractivity contribution in [3.05, 3.63) is 96.1 Å². The monoisotopic (exact) mass is 409 g/mol. The van der Waals surface area contributed by atoms with Crippen molar-refractivity contribution in [3.63, 3.8) is 0 Å². The summed E-state index contributed by atoms with van der Waals surface area (Å²) in [5.41, 5.74) is 4.11. The average molecular weight is 408 g/mol. The van der Waals surface area contributed by atoms with Crippen LogP contribution in [0.5, 0.6) is 0 Å². The van der Waals surface area contributed by atoms with Crippen LogP contribution in [0, 0.1) is 0 Å². The molecule has 26 heavy (non-hydrogen) atoms. The zero-order valence-electron chi connectivity index (χ0n) is 15.8. The Morgan fingerprint density at radius 3 is 1.92 bits per heavy atom. The molecule has 134 valence electrons. The maximum atomic E-state index is 3.74. The van der Waals surface area contributed by atoms with Gasteiger partial charge in [-0.15, -0.1) is 0 Å². The van der Waals surface area contributed by atoms with E-state index in [4.69, 9.17) is 0 Å². The number of nitrogens with one attached hydrogen (secondary N) is 1. The van der Waals surface area contributed by atoms with Crippen LogP contribution in [0.2, 0.25) is 5.32 Å². The standard InChI is InChI=1S/C24H27NSe/c1-24(2,3)20-16-14-19(15-17-20)23(25-21-10-6-4-7-11-21)18-26-22-12-8-5-9-13-22/h4-17,23,25H,18H2,1-3H3. The quantitative estimate of drug-likeness (QED) is 0.525. The second kappa shape index (κ2) is 8.58. The molecule has 1 unspecified atom stereocenters. The van der Waals surface area contributed by atoms with Gasteiger partial charge in [-0.3, -0.25) is 0 Å². The number of hydrogen-bond donors (Lipinski definition) is 1. The van der Waals surface area contributed by atoms with Crippen LogP contribution < -0.4 is 9.78 Å². The van der Waals surface area contributed by atoms with Gasteiger partial charge in [0.15, 0.2) is 0 Å². The molecule has 0 aliphatic rings. The van der Waals surface area contributed by atoms with E-state index in [0.717, 1.165) is 5.32 Å². The molecule has 3 rings (SSSR count). The normalized spacial score (nSPS) is 12.6. The predicted molar refractivity (Wildman–Crippen MR) is 115 cm³/mol. The van der Waals surface area contributed by atoms with E-state index in [0.29, 0.717) is 21.0 Å². The molecule has 0 bridgehead atoms. The first-order chi connectivity index (χ1) is 12.5. The van der Waals surface area contributed by atoms with Crippen LogP contribution in [0.3, 0.4) is 0 Å². The van der Waals surface area contributed by atoms with Crippen molar-refractivity contribution in [2.75, 3.05) is 5.32 Å². The molecule has 3 aromatic rings. The van der Waals surface area contributed by atoms with Gasteiger partial charge in [0, 0.05) is 0 Å². The van der Waals surface area contributed by atoms with Crippen LogP contribution in [0.15, 0.2) is 84.9 Å². The van der Waals surface area contributed by atoms with Gasteiger partial charge in [-0.1, -0.05) is 0 Å². The van der Waals surface area contributed by atoms with E-state index in [9.17, 15) is 0 Å². The van der Waals surface area contributed by atoms with Gasteiger partial charge in [0.25, 0.3) is 0 Å². The maximum absolute atomic E-state index is 3.74. The Morgan fingerprint density at radius 2 is 1.35 bits per heavy atom. The van der Waals surface area contributed by atoms with Crippen molar-refractivity contribution >= 4 is 25.1 Å². The van der Waals surface area contributed by atoms with Gasteiger partial charge in [-0.2, -0.15) is 0 Å². The van der Waals surface area contributed by atoms with Crippen molar-refractivity contribution in [2.45, 2.75) is 37.5 Å². The van der Waals surface area contributed by atoms with E-state index in [-0.39, 0.29) is 5.41 Å². The molecule has 0 heterocycles. The summed E-state index contributed by atoms with van der Waals surface area (Å²) in [6, 6.07) is 30.8. The fourth-order valence-corrected chi connectivity index (χ4v) is 4.93. The van der Waals surface area contributed by atoms with Crippen molar-refractivity contribution in [1.82, 2.24) is 0 Å². The van der Waals surface area contributed by atoms with Crippen LogP contribution in [0.1, 0.15) is 37.9 Å². The Morgan fingerprint density at radius 1 is 0.769 bits per heavy atom. The molecule has 3 aromatic carbocycles. The molecule has 0 aromatic heterocycles. The SMILES string of the molecule is CC(C)(C)c1ccc(C(C[Se]c2ccccc2)Nc2ccccc2)cc1. The summed E-state index contributed by atoms with van der Waals surface area (Å²) in [5, 5.41) is 4.87. The van der Waals surface area contributed by atoms with Crippen LogP contribution >= 0.6 is 0 Å². The van der Waals surface area contributed by atoms with Gasteiger partial charge < -0.3 is 0 Å². The topological polar surface area (TPSA) is 12.0 Å². The molecule has 0 saturated carbocycles. The first kappa shape index (κ1) is 18.8. The fraction of sp³-hybridized carbons (Fsp3) is 0.250. The molecular weight excluding hydrogens is 381 g/mol. The van der Waals surface area contributed by atoms with Crippen LogP contribution in [-0.4, -0.2) is 15.0 Å². The predicted octanol–water partition coefficient (Wildman–Crippen LogP) is 5.59. The van der Waals surface area contributed by atoms with Gasteiger partial charge >= 0.3 is 164 Å². The van der Waals surface area contributed by atoms with E-state index >= 15 is 0 Å². The van der Waals surface area contributed by atoms with Crippen molar-refractivity contribution in [3.8, 4) is 0 Å². The summed E-state index contributed by atoms with van der Waals surface area (Å²) in [5.74, 6) is 0. The average Bonchev–Trinajstić information content (AvgIpc) is 2.66. The van der Waals surface area contributed by atoms with Gasteiger partial charge in [0.2, 0.25) is 0 Å². The second-order valence-corrected chi connectivity index (χ2v) is 9.85. The van der Waals surface area contributed by atoms with E-state index < -0.39 is 0 Å². The van der Waals surface area contributed by atoms with Gasteiger partial charge in [-0.25, -0.2) is 0 Å². The molecule has 0 saturated heterocycles. The van der Waals surface area contributed by atoms with E-state index in [2.05, 4.69) is 111 Å². The first-order valence-electron chi connectivity index (χ1n) is 9.12. The van der Waals surface area contributed by atoms with Crippen LogP contribution in [0.4, 0.5) is 5.69 Å². The Labute approximate surface area is 164 Å². The van der Waals surface area contributed by atoms with Crippen molar-refractivity contribution in [1.29, 1.82) is 0 Å². The number of anilines is 1. The number of benzene rings is 3. The minimum atomic E-state index is 0.189. The molecule has 0 amide bonds. The molecule has 1 N–H and O–H groups in total. The van der Waals surface area contributed by atoms with Gasteiger partial charge in [0.1, 0.15) is 0 Å². The van der Waals surface area contributed by atoms with E-state index in [1.54, 1.807) is 0 Å². The number of rotatable bonds is 6. The van der Waals surface area contributed by atoms with Gasteiger partial charge in [-0.05, 0) is 0 Å². The summed E-state index contributed by atoms with van der Waals surface area (Å²) < 4.78 is 1.45. The third-order valence-electron chi connectivity index (χ3n) is 4.45. The summed E-state index contributed by atoms with van der Waals surface area (Å²) in [6.45, 7) is 6.79. The molecule has 2 heteroatoms. The van der Waals surface area contributed by atoms with Crippen LogP contribution in [0.25, 0.3) is 0 Å². The van der Waals surface area contributed by atoms with Crippen LogP contribution in [-0.2, 0) is 5.41 Å². The Balaban J connectivity index is 1.79. The minimum absolute atomic E-state index is 0.189. The Bertz CT molecular complexity index is 789. The number of hydrogen-bond acceptors (Lipinski definition) is 1. The summed E-state index contributed by atoms with van der Waals surface area (Å²) in [4.78, 5) is 0. The Kier molecular flexibility index (Phi) is 6.19. The van der Waals surface area contributed by atoms with Crippen molar-refractivity contribution in [2.24, 2.45) is 0 Å². The molecule has 1 atom stereocenters. The summed E-state index contributed by atoms with van der Waals surface area (Å²) in [7, 11) is 0. The number of para-hydroxylation sites is 1. The second-order valence-electron chi connectivity index (χ2n) is 7.56. The first-order valence-corrected chi connectivity index (χ1v) is 11.2. The molecule has 1 nitrogen and oxygen atoms in total. The van der Waals surface area contributed by atoms with Crippen molar-refractivity contribution < 1.29 is 0 Å². The molecule has 0 spiro atoms. The van der Waals surface area contributed by atoms with E-state index in [1.165, 1.54) is 21.3 Å². The zero-order valence-corrected chi connectivity index (χ0v) is 17.5. The zero-order chi connectivity index (χ0) is 18.4. The molecule has 0 fully saturated rings. The third kappa shape index (κ3) is 5.24. The summed E-state index contributed by atoms with van der Waals surface area (Å²) >= 11 is 0.441. The molecule has 0 aliphatic carbocycles. The van der Waals surface area contributed by atoms with E-state index in [1.807, 2.05) is 0 Å². The Hall–Kier alpha value is -2.02. The molecule has 0 aliphatic heterocycles. The molecular formula is C24H27NSe. The van der Waals surface area contributed by atoms with Gasteiger partial charge in [0.05, 0.1) is 0 Å². The summed E-state index contributed by atoms with van der Waals surface area (Å²) in [6.07, 6.45) is 0. The third-order valence-corrected chi connectivity index (χ3v) is 6.77. The fourth-order valence-electron chi connectivity index (χ4n) is 2.87. The molecule has 0 radical (unpaired) electrons.